The first kappa shape index (κ1) is 22.7. The van der Waals surface area contributed by atoms with Gasteiger partial charge in [-0.15, -0.1) is 0 Å². The zero-order valence-electron chi connectivity index (χ0n) is 18.9. The second-order valence-electron chi connectivity index (χ2n) is 7.63. The number of fused-ring (bicyclic) bond motifs is 1. The van der Waals surface area contributed by atoms with E-state index in [1.54, 1.807) is 18.4 Å². The number of thiazole rings is 1. The predicted octanol–water partition coefficient (Wildman–Crippen LogP) is 3.59. The van der Waals surface area contributed by atoms with Gasteiger partial charge in [-0.1, -0.05) is 60.7 Å². The van der Waals surface area contributed by atoms with Crippen LogP contribution in [0.4, 0.5) is 0 Å². The Morgan fingerprint density at radius 3 is 2.52 bits per heavy atom. The normalized spacial score (nSPS) is 15.7. The van der Waals surface area contributed by atoms with Crippen molar-refractivity contribution in [3.05, 3.63) is 96.7 Å². The Morgan fingerprint density at radius 2 is 1.85 bits per heavy atom. The monoisotopic (exact) mass is 462 g/mol. The summed E-state index contributed by atoms with van der Waals surface area (Å²) >= 11 is 1.31. The minimum absolute atomic E-state index is 0.187. The third-order valence-electron chi connectivity index (χ3n) is 5.28. The van der Waals surface area contributed by atoms with E-state index in [2.05, 4.69) is 11.9 Å². The molecule has 33 heavy (non-hydrogen) atoms. The number of hydrogen-bond donors (Lipinski definition) is 0. The van der Waals surface area contributed by atoms with E-state index < -0.39 is 12.0 Å². The van der Waals surface area contributed by atoms with E-state index >= 15 is 0 Å². The lowest BCUT2D eigenvalue weighted by Gasteiger charge is -2.24. The first-order valence-electron chi connectivity index (χ1n) is 11.0. The molecule has 0 aliphatic carbocycles. The molecule has 6 nitrogen and oxygen atoms in total. The van der Waals surface area contributed by atoms with E-state index in [0.29, 0.717) is 27.2 Å². The molecule has 1 aliphatic heterocycles. The summed E-state index contributed by atoms with van der Waals surface area (Å²) in [6, 6.07) is 16.6. The summed E-state index contributed by atoms with van der Waals surface area (Å²) in [5.41, 5.74) is 2.49. The average molecular weight is 463 g/mol. The van der Waals surface area contributed by atoms with E-state index in [1.807, 2.05) is 60.7 Å². The molecule has 0 bridgehead atoms. The van der Waals surface area contributed by atoms with Crippen LogP contribution in [0.2, 0.25) is 0 Å². The van der Waals surface area contributed by atoms with Crippen LogP contribution in [0.3, 0.4) is 0 Å². The number of carbonyl (C=O) groups excluding carboxylic acids is 1. The molecular formula is C26H26N2O4S. The lowest BCUT2D eigenvalue weighted by molar-refractivity contribution is -0.139. The van der Waals surface area contributed by atoms with Crippen molar-refractivity contribution >= 4 is 23.4 Å². The molecule has 0 radical (unpaired) electrons. The summed E-state index contributed by atoms with van der Waals surface area (Å²) < 4.78 is 13.1. The molecule has 0 fully saturated rings. The van der Waals surface area contributed by atoms with Crippen molar-refractivity contribution in [1.82, 2.24) is 4.57 Å². The van der Waals surface area contributed by atoms with Gasteiger partial charge in [0, 0.05) is 0 Å². The molecule has 0 N–H and O–H groups in total. The molecule has 170 valence electrons. The predicted molar refractivity (Wildman–Crippen MR) is 129 cm³/mol. The van der Waals surface area contributed by atoms with Crippen molar-refractivity contribution in [2.24, 2.45) is 4.99 Å². The average Bonchev–Trinajstić information content (AvgIpc) is 3.12. The van der Waals surface area contributed by atoms with Crippen LogP contribution in [0.1, 0.15) is 44.4 Å². The van der Waals surface area contributed by atoms with Crippen molar-refractivity contribution in [3.63, 3.8) is 0 Å². The van der Waals surface area contributed by atoms with Gasteiger partial charge < -0.3 is 9.47 Å². The van der Waals surface area contributed by atoms with Crippen LogP contribution in [0.15, 0.2) is 75.7 Å². The molecule has 0 saturated heterocycles. The van der Waals surface area contributed by atoms with Crippen molar-refractivity contribution < 1.29 is 14.3 Å². The van der Waals surface area contributed by atoms with E-state index in [-0.39, 0.29) is 12.2 Å². The zero-order valence-corrected chi connectivity index (χ0v) is 19.7. The summed E-state index contributed by atoms with van der Waals surface area (Å²) in [5, 5.41) is 0. The number of nitrogens with zero attached hydrogens (tertiary/aromatic N) is 2. The fraction of sp³-hybridized carbons (Fsp3) is 0.269. The Balaban J connectivity index is 1.83. The van der Waals surface area contributed by atoms with Crippen LogP contribution >= 0.6 is 11.3 Å². The first-order chi connectivity index (χ1) is 16.0. The largest absolute Gasteiger partial charge is 0.494 e. The third-order valence-corrected chi connectivity index (χ3v) is 6.27. The van der Waals surface area contributed by atoms with Crippen molar-refractivity contribution in [2.75, 3.05) is 13.2 Å². The molecule has 0 spiro atoms. The van der Waals surface area contributed by atoms with Crippen LogP contribution in [0, 0.1) is 0 Å². The van der Waals surface area contributed by atoms with E-state index in [4.69, 9.17) is 9.47 Å². The summed E-state index contributed by atoms with van der Waals surface area (Å²) in [6.07, 6.45) is 2.79. The van der Waals surface area contributed by atoms with Crippen LogP contribution in [0.5, 0.6) is 5.75 Å². The first-order valence-corrected chi connectivity index (χ1v) is 11.8. The number of allylic oxidation sites excluding steroid dienone is 1. The van der Waals surface area contributed by atoms with Gasteiger partial charge in [0.25, 0.3) is 5.56 Å². The summed E-state index contributed by atoms with van der Waals surface area (Å²) in [7, 11) is 0. The number of rotatable bonds is 7. The smallest absolute Gasteiger partial charge is 0.338 e. The lowest BCUT2D eigenvalue weighted by Crippen LogP contribution is -2.39. The van der Waals surface area contributed by atoms with E-state index in [9.17, 15) is 9.59 Å². The molecule has 4 rings (SSSR count). The third kappa shape index (κ3) is 4.68. The molecule has 1 atom stereocenters. The molecule has 2 heterocycles. The highest BCUT2D eigenvalue weighted by Crippen LogP contribution is 2.30. The van der Waals surface area contributed by atoms with Crippen LogP contribution in [-0.4, -0.2) is 23.8 Å². The summed E-state index contributed by atoms with van der Waals surface area (Å²) in [4.78, 5) is 31.5. The molecule has 0 amide bonds. The number of esters is 1. The highest BCUT2D eigenvalue weighted by Gasteiger charge is 2.33. The molecule has 1 aliphatic rings. The molecule has 7 heteroatoms. The highest BCUT2D eigenvalue weighted by atomic mass is 32.1. The fourth-order valence-corrected chi connectivity index (χ4v) is 4.82. The zero-order chi connectivity index (χ0) is 23.4. The number of aromatic nitrogens is 1. The van der Waals surface area contributed by atoms with E-state index in [0.717, 1.165) is 23.3 Å². The lowest BCUT2D eigenvalue weighted by atomic mass is 9.96. The molecule has 1 aromatic heterocycles. The fourth-order valence-electron chi connectivity index (χ4n) is 3.77. The van der Waals surface area contributed by atoms with Gasteiger partial charge in [0.05, 0.1) is 35.1 Å². The maximum atomic E-state index is 13.5. The summed E-state index contributed by atoms with van der Waals surface area (Å²) in [6.45, 7) is 6.53. The molecule has 2 aromatic carbocycles. The molecule has 3 aromatic rings. The van der Waals surface area contributed by atoms with Crippen molar-refractivity contribution in [3.8, 4) is 5.75 Å². The SMILES string of the molecule is CCCOc1ccc(C=c2sc3n(c2=O)C(c2ccccc2)C(C(=O)OCC)=C(C)N=3)cc1. The maximum Gasteiger partial charge on any atom is 0.338 e. The van der Waals surface area contributed by atoms with Gasteiger partial charge >= 0.3 is 5.97 Å². The number of benzene rings is 2. The molecule has 1 unspecified atom stereocenters. The van der Waals surface area contributed by atoms with Crippen LogP contribution in [-0.2, 0) is 9.53 Å². The molecule has 0 saturated carbocycles. The van der Waals surface area contributed by atoms with Gasteiger partial charge in [0.15, 0.2) is 4.80 Å². The van der Waals surface area contributed by atoms with Gasteiger partial charge in [-0.2, -0.15) is 0 Å². The number of carbonyl (C=O) groups is 1. The minimum atomic E-state index is -0.589. The summed E-state index contributed by atoms with van der Waals surface area (Å²) in [5.74, 6) is 0.346. The Morgan fingerprint density at radius 1 is 1.12 bits per heavy atom. The van der Waals surface area contributed by atoms with E-state index in [1.165, 1.54) is 11.3 Å². The van der Waals surface area contributed by atoms with Crippen molar-refractivity contribution in [2.45, 2.75) is 33.2 Å². The molecular weight excluding hydrogens is 436 g/mol. The topological polar surface area (TPSA) is 69.9 Å². The van der Waals surface area contributed by atoms with Gasteiger partial charge in [-0.05, 0) is 49.6 Å². The van der Waals surface area contributed by atoms with Crippen molar-refractivity contribution in [1.29, 1.82) is 0 Å². The van der Waals surface area contributed by atoms with Gasteiger partial charge in [-0.25, -0.2) is 9.79 Å². The standard InChI is InChI=1S/C26H26N2O4S/c1-4-15-32-20-13-11-18(12-14-20)16-21-24(29)28-23(19-9-7-6-8-10-19)22(25(30)31-5-2)17(3)27-26(28)33-21/h6-14,16,23H,4-5,15H2,1-3H3. The van der Waals surface area contributed by atoms with Gasteiger partial charge in [-0.3, -0.25) is 9.36 Å². The Bertz CT molecular complexity index is 1350. The Hall–Kier alpha value is -3.45. The van der Waals surface area contributed by atoms with Crippen LogP contribution < -0.4 is 19.6 Å². The van der Waals surface area contributed by atoms with Crippen LogP contribution in [0.25, 0.3) is 6.08 Å². The number of hydrogen-bond acceptors (Lipinski definition) is 6. The Kier molecular flexibility index (Phi) is 6.89. The van der Waals surface area contributed by atoms with Gasteiger partial charge in [0.1, 0.15) is 5.75 Å². The maximum absolute atomic E-state index is 13.5. The van der Waals surface area contributed by atoms with Gasteiger partial charge in [0.2, 0.25) is 0 Å². The Labute approximate surface area is 196 Å². The second kappa shape index (κ2) is 10.0. The second-order valence-corrected chi connectivity index (χ2v) is 8.64. The quantitative estimate of drug-likeness (QED) is 0.503. The highest BCUT2D eigenvalue weighted by molar-refractivity contribution is 7.07. The number of ether oxygens (including phenoxy) is 2. The minimum Gasteiger partial charge on any atom is -0.494 e.